The lowest BCUT2D eigenvalue weighted by Crippen LogP contribution is -2.43. The number of ether oxygens (including phenoxy) is 1. The number of carbonyl (C=O) groups is 2. The Hall–Kier alpha value is -2.24. The number of alkyl carbamates (subject to hydrolysis) is 1. The maximum atomic E-state index is 12.7. The zero-order valence-corrected chi connectivity index (χ0v) is 18.4. The summed E-state index contributed by atoms with van der Waals surface area (Å²) in [7, 11) is 0. The lowest BCUT2D eigenvalue weighted by Gasteiger charge is -2.29. The number of rotatable bonds is 8. The molecular formula is C23H25Cl2NO4. The first-order chi connectivity index (χ1) is 14.2. The largest absolute Gasteiger partial charge is 0.480 e. The maximum Gasteiger partial charge on any atom is 0.408 e. The molecule has 3 rings (SSSR count). The van der Waals surface area contributed by atoms with Crippen LogP contribution in [0, 0.1) is 5.92 Å². The van der Waals surface area contributed by atoms with E-state index in [1.54, 1.807) is 18.2 Å². The minimum absolute atomic E-state index is 0.111. The SMILES string of the molecule is CC(C)CC(NC(=O)OC(c1ccc(Cl)cc1)C1(c2cccc(Cl)c2)CC1)C(=O)O. The van der Waals surface area contributed by atoms with Gasteiger partial charge in [0.1, 0.15) is 12.1 Å². The Morgan fingerprint density at radius 1 is 1.10 bits per heavy atom. The minimum atomic E-state index is -1.08. The molecule has 0 aromatic heterocycles. The number of benzene rings is 2. The highest BCUT2D eigenvalue weighted by molar-refractivity contribution is 6.30. The Labute approximate surface area is 186 Å². The van der Waals surface area contributed by atoms with Crippen molar-refractivity contribution in [3.05, 3.63) is 69.7 Å². The monoisotopic (exact) mass is 449 g/mol. The summed E-state index contributed by atoms with van der Waals surface area (Å²) in [5.74, 6) is -0.973. The molecule has 2 unspecified atom stereocenters. The van der Waals surface area contributed by atoms with Gasteiger partial charge in [-0.05, 0) is 60.6 Å². The number of amides is 1. The van der Waals surface area contributed by atoms with Crippen LogP contribution in [0.1, 0.15) is 50.3 Å². The normalized spacial score (nSPS) is 16.6. The molecule has 5 nitrogen and oxygen atoms in total. The fourth-order valence-electron chi connectivity index (χ4n) is 3.75. The number of carboxylic acids is 1. The Morgan fingerprint density at radius 3 is 2.30 bits per heavy atom. The maximum absolute atomic E-state index is 12.7. The van der Waals surface area contributed by atoms with Crippen molar-refractivity contribution in [3.8, 4) is 0 Å². The van der Waals surface area contributed by atoms with Gasteiger partial charge in [-0.1, -0.05) is 61.3 Å². The van der Waals surface area contributed by atoms with E-state index in [-0.39, 0.29) is 5.92 Å². The van der Waals surface area contributed by atoms with Crippen LogP contribution >= 0.6 is 23.2 Å². The number of nitrogens with one attached hydrogen (secondary N) is 1. The number of halogens is 2. The molecule has 2 atom stereocenters. The van der Waals surface area contributed by atoms with Crippen LogP contribution in [0.25, 0.3) is 0 Å². The van der Waals surface area contributed by atoms with Crippen molar-refractivity contribution in [3.63, 3.8) is 0 Å². The molecular weight excluding hydrogens is 425 g/mol. The van der Waals surface area contributed by atoms with Crippen molar-refractivity contribution >= 4 is 35.3 Å². The van der Waals surface area contributed by atoms with Crippen LogP contribution in [0.15, 0.2) is 48.5 Å². The molecule has 7 heteroatoms. The first kappa shape index (κ1) is 22.4. The summed E-state index contributed by atoms with van der Waals surface area (Å²) in [4.78, 5) is 24.2. The van der Waals surface area contributed by atoms with Crippen LogP contribution in [-0.2, 0) is 14.9 Å². The number of hydrogen-bond acceptors (Lipinski definition) is 3. The zero-order valence-electron chi connectivity index (χ0n) is 16.9. The summed E-state index contributed by atoms with van der Waals surface area (Å²) >= 11 is 12.2. The highest BCUT2D eigenvalue weighted by Gasteiger charge is 2.53. The highest BCUT2D eigenvalue weighted by Crippen LogP contribution is 2.58. The molecule has 160 valence electrons. The second kappa shape index (κ2) is 9.27. The standard InChI is InChI=1S/C23H25Cl2NO4/c1-14(2)12-19(21(27)28)26-22(29)30-20(15-6-8-17(24)9-7-15)23(10-11-23)16-4-3-5-18(25)13-16/h3-9,13-14,19-20H,10-12H2,1-2H3,(H,26,29)(H,27,28). The van der Waals surface area contributed by atoms with E-state index in [2.05, 4.69) is 5.32 Å². The van der Waals surface area contributed by atoms with Gasteiger partial charge in [0.2, 0.25) is 0 Å². The fourth-order valence-corrected chi connectivity index (χ4v) is 4.07. The topological polar surface area (TPSA) is 75.6 Å². The lowest BCUT2D eigenvalue weighted by molar-refractivity contribution is -0.139. The molecule has 2 N–H and O–H groups in total. The number of carboxylic acid groups (broad SMARTS) is 1. The number of carbonyl (C=O) groups excluding carboxylic acids is 1. The highest BCUT2D eigenvalue weighted by atomic mass is 35.5. The van der Waals surface area contributed by atoms with Crippen LogP contribution in [0.2, 0.25) is 10.0 Å². The molecule has 1 aliphatic carbocycles. The molecule has 1 fully saturated rings. The van der Waals surface area contributed by atoms with Gasteiger partial charge in [0.25, 0.3) is 0 Å². The van der Waals surface area contributed by atoms with Crippen LogP contribution in [0.4, 0.5) is 4.79 Å². The van der Waals surface area contributed by atoms with Crippen LogP contribution in [0.3, 0.4) is 0 Å². The van der Waals surface area contributed by atoms with E-state index in [1.165, 1.54) is 0 Å². The van der Waals surface area contributed by atoms with E-state index in [0.717, 1.165) is 24.0 Å². The molecule has 1 saturated carbocycles. The third-order valence-corrected chi connectivity index (χ3v) is 5.87. The van der Waals surface area contributed by atoms with Gasteiger partial charge in [0, 0.05) is 15.5 Å². The third-order valence-electron chi connectivity index (χ3n) is 5.39. The van der Waals surface area contributed by atoms with E-state index in [4.69, 9.17) is 27.9 Å². The molecule has 0 bridgehead atoms. The molecule has 1 aliphatic rings. The summed E-state index contributed by atoms with van der Waals surface area (Å²) < 4.78 is 5.86. The van der Waals surface area contributed by atoms with Crippen molar-refractivity contribution in [2.24, 2.45) is 5.92 Å². The van der Waals surface area contributed by atoms with E-state index in [0.29, 0.717) is 16.5 Å². The van der Waals surface area contributed by atoms with Crippen LogP contribution in [-0.4, -0.2) is 23.2 Å². The Bertz CT molecular complexity index is 910. The van der Waals surface area contributed by atoms with Gasteiger partial charge in [-0.25, -0.2) is 9.59 Å². The van der Waals surface area contributed by atoms with Gasteiger partial charge in [0.05, 0.1) is 0 Å². The second-order valence-electron chi connectivity index (χ2n) is 8.17. The van der Waals surface area contributed by atoms with Crippen LogP contribution in [0.5, 0.6) is 0 Å². The summed E-state index contributed by atoms with van der Waals surface area (Å²) in [5.41, 5.74) is 1.37. The molecule has 2 aromatic carbocycles. The van der Waals surface area contributed by atoms with Gasteiger partial charge in [-0.15, -0.1) is 0 Å². The summed E-state index contributed by atoms with van der Waals surface area (Å²) in [6.07, 6.45) is 0.609. The van der Waals surface area contributed by atoms with Gasteiger partial charge in [0.15, 0.2) is 0 Å². The molecule has 0 spiro atoms. The Kier molecular flexibility index (Phi) is 6.94. The number of aliphatic carboxylic acids is 1. The molecule has 0 saturated heterocycles. The number of hydrogen-bond donors (Lipinski definition) is 2. The predicted octanol–water partition coefficient (Wildman–Crippen LogP) is 5.99. The Morgan fingerprint density at radius 2 is 1.77 bits per heavy atom. The van der Waals surface area contributed by atoms with Crippen LogP contribution < -0.4 is 5.32 Å². The molecule has 1 amide bonds. The van der Waals surface area contributed by atoms with E-state index < -0.39 is 29.6 Å². The van der Waals surface area contributed by atoms with Crippen molar-refractivity contribution in [2.75, 3.05) is 0 Å². The first-order valence-electron chi connectivity index (χ1n) is 9.93. The van der Waals surface area contributed by atoms with E-state index >= 15 is 0 Å². The van der Waals surface area contributed by atoms with Gasteiger partial charge >= 0.3 is 12.1 Å². The summed E-state index contributed by atoms with van der Waals surface area (Å²) in [6, 6.07) is 13.7. The van der Waals surface area contributed by atoms with E-state index in [1.807, 2.05) is 44.2 Å². The molecule has 2 aromatic rings. The predicted molar refractivity (Wildman–Crippen MR) is 117 cm³/mol. The lowest BCUT2D eigenvalue weighted by atomic mass is 9.86. The van der Waals surface area contributed by atoms with E-state index in [9.17, 15) is 14.7 Å². The van der Waals surface area contributed by atoms with Gasteiger partial charge < -0.3 is 15.2 Å². The van der Waals surface area contributed by atoms with Crippen molar-refractivity contribution in [1.29, 1.82) is 0 Å². The first-order valence-corrected chi connectivity index (χ1v) is 10.7. The molecule has 30 heavy (non-hydrogen) atoms. The molecule has 0 aliphatic heterocycles. The summed E-state index contributed by atoms with van der Waals surface area (Å²) in [6.45, 7) is 3.80. The van der Waals surface area contributed by atoms with Crippen molar-refractivity contribution < 1.29 is 19.4 Å². The van der Waals surface area contributed by atoms with Gasteiger partial charge in [-0.3, -0.25) is 0 Å². The van der Waals surface area contributed by atoms with Crippen molar-refractivity contribution in [2.45, 2.75) is 50.7 Å². The average Bonchev–Trinajstić information content (AvgIpc) is 3.48. The molecule has 0 heterocycles. The smallest absolute Gasteiger partial charge is 0.408 e. The average molecular weight is 450 g/mol. The van der Waals surface area contributed by atoms with Gasteiger partial charge in [-0.2, -0.15) is 0 Å². The van der Waals surface area contributed by atoms with Crippen molar-refractivity contribution in [1.82, 2.24) is 5.32 Å². The second-order valence-corrected chi connectivity index (χ2v) is 9.04. The fraction of sp³-hybridized carbons (Fsp3) is 0.391. The third kappa shape index (κ3) is 5.27. The summed E-state index contributed by atoms with van der Waals surface area (Å²) in [5, 5.41) is 13.1. The minimum Gasteiger partial charge on any atom is -0.480 e. The molecule has 0 radical (unpaired) electrons. The quantitative estimate of drug-likeness (QED) is 0.518. The Balaban J connectivity index is 1.88. The zero-order chi connectivity index (χ0) is 21.9.